The first-order chi connectivity index (χ1) is 4.75. The molecule has 0 unspecified atom stereocenters. The van der Waals surface area contributed by atoms with Crippen LogP contribution in [-0.2, 0) is 0 Å². The van der Waals surface area contributed by atoms with Gasteiger partial charge >= 0.3 is 0 Å². The number of rotatable bonds is 0. The first-order valence-electron chi connectivity index (χ1n) is 3.54. The fourth-order valence-corrected chi connectivity index (χ4v) is 1.65. The Kier molecular flexibility index (Phi) is 1.12. The molecular formula is C7H9F2N. The predicted molar refractivity (Wildman–Crippen MR) is 33.8 cm³/mol. The first kappa shape index (κ1) is 6.28. The molecule has 10 heavy (non-hydrogen) atoms. The molecule has 1 heterocycles. The highest BCUT2D eigenvalue weighted by Gasteiger charge is 2.50. The van der Waals surface area contributed by atoms with Gasteiger partial charge in [0.15, 0.2) is 0 Å². The van der Waals surface area contributed by atoms with Gasteiger partial charge in [-0.2, -0.15) is 8.78 Å². The third-order valence-corrected chi connectivity index (χ3v) is 2.39. The zero-order valence-electron chi connectivity index (χ0n) is 5.58. The Bertz CT molecular complexity index is 190. The highest BCUT2D eigenvalue weighted by atomic mass is 19.3. The van der Waals surface area contributed by atoms with Crippen LogP contribution >= 0.6 is 0 Å². The molecule has 0 radical (unpaired) electrons. The van der Waals surface area contributed by atoms with E-state index in [0.29, 0.717) is 12.0 Å². The summed E-state index contributed by atoms with van der Waals surface area (Å²) < 4.78 is 24.2. The van der Waals surface area contributed by atoms with Crippen LogP contribution < -0.4 is 5.32 Å². The third kappa shape index (κ3) is 0.700. The number of halogens is 2. The lowest BCUT2D eigenvalue weighted by Gasteiger charge is -2.06. The summed E-state index contributed by atoms with van der Waals surface area (Å²) in [7, 11) is 0. The van der Waals surface area contributed by atoms with Gasteiger partial charge in [0.2, 0.25) is 0 Å². The quantitative estimate of drug-likeness (QED) is 0.546. The SMILES string of the molecule is FC(F)=C1CCNC12CC2. The van der Waals surface area contributed by atoms with Crippen LogP contribution in [0.15, 0.2) is 11.7 Å². The summed E-state index contributed by atoms with van der Waals surface area (Å²) >= 11 is 0. The smallest absolute Gasteiger partial charge is 0.271 e. The summed E-state index contributed by atoms with van der Waals surface area (Å²) in [6.45, 7) is 0.729. The summed E-state index contributed by atoms with van der Waals surface area (Å²) in [5.74, 6) is 0. The maximum absolute atomic E-state index is 12.1. The van der Waals surface area contributed by atoms with Crippen LogP contribution in [0.3, 0.4) is 0 Å². The molecule has 2 fully saturated rings. The molecule has 0 amide bonds. The van der Waals surface area contributed by atoms with Crippen LogP contribution in [0.25, 0.3) is 0 Å². The van der Waals surface area contributed by atoms with Crippen molar-refractivity contribution >= 4 is 0 Å². The van der Waals surface area contributed by atoms with E-state index < -0.39 is 6.08 Å². The molecule has 0 aromatic heterocycles. The highest BCUT2D eigenvalue weighted by molar-refractivity contribution is 5.32. The van der Waals surface area contributed by atoms with Gasteiger partial charge in [-0.1, -0.05) is 0 Å². The van der Waals surface area contributed by atoms with Crippen molar-refractivity contribution in [1.82, 2.24) is 5.32 Å². The zero-order chi connectivity index (χ0) is 7.19. The summed E-state index contributed by atoms with van der Waals surface area (Å²) in [5, 5.41) is 3.10. The average Bonchev–Trinajstić information content (AvgIpc) is 2.42. The summed E-state index contributed by atoms with van der Waals surface area (Å²) in [5.41, 5.74) is 0.131. The van der Waals surface area contributed by atoms with E-state index in [1.807, 2.05) is 0 Å². The Morgan fingerprint density at radius 2 is 2.10 bits per heavy atom. The van der Waals surface area contributed by atoms with Gasteiger partial charge in [0.05, 0.1) is 0 Å². The van der Waals surface area contributed by atoms with E-state index in [1.165, 1.54) is 0 Å². The molecule has 1 aliphatic heterocycles. The van der Waals surface area contributed by atoms with Crippen molar-refractivity contribution in [1.29, 1.82) is 0 Å². The van der Waals surface area contributed by atoms with E-state index in [4.69, 9.17) is 0 Å². The van der Waals surface area contributed by atoms with Gasteiger partial charge in [-0.3, -0.25) is 0 Å². The molecule has 0 aromatic carbocycles. The van der Waals surface area contributed by atoms with E-state index >= 15 is 0 Å². The van der Waals surface area contributed by atoms with E-state index in [-0.39, 0.29) is 5.54 Å². The maximum atomic E-state index is 12.1. The van der Waals surface area contributed by atoms with Gasteiger partial charge in [-0.25, -0.2) is 0 Å². The Labute approximate surface area is 58.1 Å². The van der Waals surface area contributed by atoms with Crippen molar-refractivity contribution in [3.8, 4) is 0 Å². The molecule has 0 atom stereocenters. The molecule has 0 aromatic rings. The second kappa shape index (κ2) is 1.78. The van der Waals surface area contributed by atoms with Crippen LogP contribution in [0.4, 0.5) is 8.78 Å². The molecule has 2 aliphatic rings. The molecule has 1 spiro atoms. The van der Waals surface area contributed by atoms with Crippen LogP contribution in [0.2, 0.25) is 0 Å². The van der Waals surface area contributed by atoms with E-state index in [9.17, 15) is 8.78 Å². The van der Waals surface area contributed by atoms with Crippen LogP contribution in [0.5, 0.6) is 0 Å². The van der Waals surface area contributed by atoms with Gasteiger partial charge in [-0.15, -0.1) is 0 Å². The molecule has 1 saturated heterocycles. The Morgan fingerprint density at radius 3 is 2.50 bits per heavy atom. The molecule has 3 heteroatoms. The summed E-state index contributed by atoms with van der Waals surface area (Å²) in [6.07, 6.45) is 0.893. The van der Waals surface area contributed by atoms with Gasteiger partial charge in [0.1, 0.15) is 0 Å². The fraction of sp³-hybridized carbons (Fsp3) is 0.714. The van der Waals surface area contributed by atoms with E-state index in [2.05, 4.69) is 5.32 Å². The molecule has 1 N–H and O–H groups in total. The molecule has 1 saturated carbocycles. The Hall–Kier alpha value is -0.440. The normalized spacial score (nSPS) is 27.6. The summed E-state index contributed by atoms with van der Waals surface area (Å²) in [4.78, 5) is 0. The molecule has 2 rings (SSSR count). The molecular weight excluding hydrogens is 136 g/mol. The second-order valence-electron chi connectivity index (χ2n) is 3.00. The minimum Gasteiger partial charge on any atom is -0.307 e. The van der Waals surface area contributed by atoms with Crippen LogP contribution in [-0.4, -0.2) is 12.1 Å². The monoisotopic (exact) mass is 145 g/mol. The van der Waals surface area contributed by atoms with Gasteiger partial charge < -0.3 is 5.32 Å². The number of hydrogen-bond acceptors (Lipinski definition) is 1. The van der Waals surface area contributed by atoms with Crippen molar-refractivity contribution in [2.24, 2.45) is 0 Å². The van der Waals surface area contributed by atoms with Crippen molar-refractivity contribution in [3.63, 3.8) is 0 Å². The number of hydrogen-bond donors (Lipinski definition) is 1. The fourth-order valence-electron chi connectivity index (χ4n) is 1.65. The Morgan fingerprint density at radius 1 is 1.40 bits per heavy atom. The second-order valence-corrected chi connectivity index (χ2v) is 3.00. The van der Waals surface area contributed by atoms with Crippen molar-refractivity contribution in [2.75, 3.05) is 6.54 Å². The first-order valence-corrected chi connectivity index (χ1v) is 3.54. The largest absolute Gasteiger partial charge is 0.307 e. The maximum Gasteiger partial charge on any atom is 0.271 e. The van der Waals surface area contributed by atoms with E-state index in [1.54, 1.807) is 0 Å². The molecule has 1 aliphatic carbocycles. The lowest BCUT2D eigenvalue weighted by Crippen LogP contribution is -2.24. The average molecular weight is 145 g/mol. The van der Waals surface area contributed by atoms with Crippen LogP contribution in [0.1, 0.15) is 19.3 Å². The zero-order valence-corrected chi connectivity index (χ0v) is 5.58. The number of nitrogens with one attached hydrogen (secondary N) is 1. The van der Waals surface area contributed by atoms with Crippen molar-refractivity contribution < 1.29 is 8.78 Å². The topological polar surface area (TPSA) is 12.0 Å². The minimum atomic E-state index is -1.46. The molecule has 0 bridgehead atoms. The van der Waals surface area contributed by atoms with Crippen molar-refractivity contribution in [2.45, 2.75) is 24.8 Å². The standard InChI is InChI=1S/C7H9F2N/c8-6(9)5-1-4-10-7(5)2-3-7/h10H,1-4H2. The Balaban J connectivity index is 2.30. The minimum absolute atomic E-state index is 0.237. The predicted octanol–water partition coefficient (Wildman–Crippen LogP) is 1.66. The highest BCUT2D eigenvalue weighted by Crippen LogP contribution is 2.48. The van der Waals surface area contributed by atoms with Crippen molar-refractivity contribution in [3.05, 3.63) is 11.7 Å². The van der Waals surface area contributed by atoms with Gasteiger partial charge in [0, 0.05) is 11.1 Å². The third-order valence-electron chi connectivity index (χ3n) is 2.39. The van der Waals surface area contributed by atoms with Gasteiger partial charge in [0.25, 0.3) is 6.08 Å². The molecule has 56 valence electrons. The lowest BCUT2D eigenvalue weighted by atomic mass is 10.1. The lowest BCUT2D eigenvalue weighted by molar-refractivity contribution is 0.401. The summed E-state index contributed by atoms with van der Waals surface area (Å²) in [6, 6.07) is 0. The van der Waals surface area contributed by atoms with Gasteiger partial charge in [-0.05, 0) is 25.8 Å². The molecule has 1 nitrogen and oxygen atoms in total. The van der Waals surface area contributed by atoms with Crippen LogP contribution in [0, 0.1) is 0 Å². The van der Waals surface area contributed by atoms with E-state index in [0.717, 1.165) is 19.4 Å².